The van der Waals surface area contributed by atoms with Crippen molar-refractivity contribution < 1.29 is 0 Å². The minimum atomic E-state index is 0.631. The lowest BCUT2D eigenvalue weighted by atomic mass is 10.2. The van der Waals surface area contributed by atoms with Crippen molar-refractivity contribution in [2.75, 3.05) is 5.43 Å². The SMILES string of the molecule is NNc1ncnc2c(Br)cccc12. The number of rotatable bonds is 1. The van der Waals surface area contributed by atoms with E-state index in [4.69, 9.17) is 5.84 Å². The van der Waals surface area contributed by atoms with Gasteiger partial charge in [-0.25, -0.2) is 15.8 Å². The number of nitrogens with zero attached hydrogens (tertiary/aromatic N) is 2. The average Bonchev–Trinajstić information content (AvgIpc) is 2.18. The first kappa shape index (κ1) is 8.40. The first-order valence-corrected chi connectivity index (χ1v) is 4.48. The van der Waals surface area contributed by atoms with Gasteiger partial charge in [-0.2, -0.15) is 0 Å². The smallest absolute Gasteiger partial charge is 0.151 e. The molecule has 1 aromatic heterocycles. The molecule has 0 spiro atoms. The van der Waals surface area contributed by atoms with Crippen LogP contribution in [0.15, 0.2) is 29.0 Å². The molecule has 0 unspecified atom stereocenters. The van der Waals surface area contributed by atoms with Gasteiger partial charge in [0.2, 0.25) is 0 Å². The van der Waals surface area contributed by atoms with Crippen molar-refractivity contribution in [3.05, 3.63) is 29.0 Å². The zero-order chi connectivity index (χ0) is 9.26. The molecule has 2 aromatic rings. The second-order valence-corrected chi connectivity index (χ2v) is 3.36. The van der Waals surface area contributed by atoms with E-state index in [-0.39, 0.29) is 0 Å². The van der Waals surface area contributed by atoms with Gasteiger partial charge in [-0.1, -0.05) is 6.07 Å². The van der Waals surface area contributed by atoms with E-state index >= 15 is 0 Å². The zero-order valence-electron chi connectivity index (χ0n) is 6.66. The van der Waals surface area contributed by atoms with Crippen LogP contribution in [-0.4, -0.2) is 9.97 Å². The minimum Gasteiger partial charge on any atom is -0.308 e. The zero-order valence-corrected chi connectivity index (χ0v) is 8.25. The van der Waals surface area contributed by atoms with Crippen LogP contribution in [-0.2, 0) is 0 Å². The van der Waals surface area contributed by atoms with E-state index in [0.29, 0.717) is 5.82 Å². The summed E-state index contributed by atoms with van der Waals surface area (Å²) in [4.78, 5) is 8.13. The molecule has 1 heterocycles. The number of nitrogen functional groups attached to an aromatic ring is 1. The summed E-state index contributed by atoms with van der Waals surface area (Å²) >= 11 is 3.40. The fourth-order valence-electron chi connectivity index (χ4n) is 1.17. The number of para-hydroxylation sites is 1. The summed E-state index contributed by atoms with van der Waals surface area (Å²) in [6.07, 6.45) is 1.47. The molecule has 0 aliphatic carbocycles. The molecule has 0 bridgehead atoms. The van der Waals surface area contributed by atoms with Crippen molar-refractivity contribution in [2.24, 2.45) is 5.84 Å². The lowest BCUT2D eigenvalue weighted by Crippen LogP contribution is -2.09. The fraction of sp³-hybridized carbons (Fsp3) is 0. The van der Waals surface area contributed by atoms with Crippen molar-refractivity contribution in [2.45, 2.75) is 0 Å². The number of halogens is 1. The summed E-state index contributed by atoms with van der Waals surface area (Å²) in [6, 6.07) is 5.75. The van der Waals surface area contributed by atoms with Crippen molar-refractivity contribution in [3.63, 3.8) is 0 Å². The van der Waals surface area contributed by atoms with Crippen molar-refractivity contribution in [3.8, 4) is 0 Å². The van der Waals surface area contributed by atoms with E-state index in [9.17, 15) is 0 Å². The maximum atomic E-state index is 5.31. The number of anilines is 1. The molecular weight excluding hydrogens is 232 g/mol. The summed E-state index contributed by atoms with van der Waals surface area (Å²) in [5, 5.41) is 0.902. The number of benzene rings is 1. The van der Waals surface area contributed by atoms with Crippen LogP contribution in [0.2, 0.25) is 0 Å². The normalized spacial score (nSPS) is 10.3. The number of hydrazine groups is 1. The lowest BCUT2D eigenvalue weighted by molar-refractivity contribution is 1.18. The van der Waals surface area contributed by atoms with E-state index < -0.39 is 0 Å². The molecule has 13 heavy (non-hydrogen) atoms. The monoisotopic (exact) mass is 238 g/mol. The number of fused-ring (bicyclic) bond motifs is 1. The molecule has 0 radical (unpaired) electrons. The van der Waals surface area contributed by atoms with Gasteiger partial charge in [-0.05, 0) is 28.1 Å². The Kier molecular flexibility index (Phi) is 2.12. The molecule has 0 amide bonds. The Morgan fingerprint density at radius 1 is 1.31 bits per heavy atom. The van der Waals surface area contributed by atoms with Gasteiger partial charge < -0.3 is 5.43 Å². The van der Waals surface area contributed by atoms with E-state index in [0.717, 1.165) is 15.4 Å². The third-order valence-electron chi connectivity index (χ3n) is 1.75. The van der Waals surface area contributed by atoms with Crippen LogP contribution in [0.5, 0.6) is 0 Å². The van der Waals surface area contributed by atoms with Crippen LogP contribution in [0.4, 0.5) is 5.82 Å². The van der Waals surface area contributed by atoms with Gasteiger partial charge in [-0.15, -0.1) is 0 Å². The number of hydrogen-bond donors (Lipinski definition) is 2. The van der Waals surface area contributed by atoms with E-state index in [2.05, 4.69) is 31.3 Å². The Morgan fingerprint density at radius 2 is 2.15 bits per heavy atom. The van der Waals surface area contributed by atoms with Crippen molar-refractivity contribution in [1.82, 2.24) is 9.97 Å². The topological polar surface area (TPSA) is 63.8 Å². The molecule has 2 rings (SSSR count). The first-order valence-electron chi connectivity index (χ1n) is 3.69. The van der Waals surface area contributed by atoms with Gasteiger partial charge in [0, 0.05) is 9.86 Å². The van der Waals surface area contributed by atoms with E-state index in [1.54, 1.807) is 0 Å². The predicted octanol–water partition coefficient (Wildman–Crippen LogP) is 1.68. The van der Waals surface area contributed by atoms with E-state index in [1.807, 2.05) is 18.2 Å². The highest BCUT2D eigenvalue weighted by Gasteiger charge is 2.03. The quantitative estimate of drug-likeness (QED) is 0.587. The molecule has 0 saturated heterocycles. The second kappa shape index (κ2) is 3.27. The summed E-state index contributed by atoms with van der Waals surface area (Å²) < 4.78 is 0.934. The minimum absolute atomic E-state index is 0.631. The average molecular weight is 239 g/mol. The van der Waals surface area contributed by atoms with Crippen LogP contribution in [0, 0.1) is 0 Å². The third-order valence-corrected chi connectivity index (χ3v) is 2.39. The fourth-order valence-corrected chi connectivity index (χ4v) is 1.64. The lowest BCUT2D eigenvalue weighted by Gasteiger charge is -2.03. The first-order chi connectivity index (χ1) is 6.33. The number of nitrogens with two attached hydrogens (primary N) is 1. The predicted molar refractivity (Wildman–Crippen MR) is 55.0 cm³/mol. The number of hydrogen-bond acceptors (Lipinski definition) is 4. The summed E-state index contributed by atoms with van der Waals surface area (Å²) in [7, 11) is 0. The van der Waals surface area contributed by atoms with Crippen molar-refractivity contribution >= 4 is 32.7 Å². The molecule has 0 fully saturated rings. The molecule has 0 saturated carbocycles. The highest BCUT2D eigenvalue weighted by Crippen LogP contribution is 2.24. The van der Waals surface area contributed by atoms with Crippen LogP contribution >= 0.6 is 15.9 Å². The third kappa shape index (κ3) is 1.36. The summed E-state index contributed by atoms with van der Waals surface area (Å²) in [6.45, 7) is 0. The van der Waals surface area contributed by atoms with Gasteiger partial charge in [0.1, 0.15) is 6.33 Å². The molecule has 1 aromatic carbocycles. The molecule has 0 atom stereocenters. The Hall–Kier alpha value is -1.20. The molecule has 66 valence electrons. The number of nitrogens with one attached hydrogen (secondary N) is 1. The molecule has 4 nitrogen and oxygen atoms in total. The van der Waals surface area contributed by atoms with Gasteiger partial charge in [0.05, 0.1) is 5.52 Å². The van der Waals surface area contributed by atoms with Gasteiger partial charge in [-0.3, -0.25) is 0 Å². The highest BCUT2D eigenvalue weighted by atomic mass is 79.9. The Balaban J connectivity index is 2.84. The maximum absolute atomic E-state index is 5.31. The Morgan fingerprint density at radius 3 is 2.92 bits per heavy atom. The summed E-state index contributed by atoms with van der Waals surface area (Å²) in [5.41, 5.74) is 3.38. The summed E-state index contributed by atoms with van der Waals surface area (Å²) in [5.74, 6) is 5.94. The van der Waals surface area contributed by atoms with Crippen molar-refractivity contribution in [1.29, 1.82) is 0 Å². The van der Waals surface area contributed by atoms with Crippen LogP contribution in [0.1, 0.15) is 0 Å². The number of aromatic nitrogens is 2. The van der Waals surface area contributed by atoms with Crippen LogP contribution in [0.25, 0.3) is 10.9 Å². The van der Waals surface area contributed by atoms with Gasteiger partial charge in [0.15, 0.2) is 5.82 Å². The molecule has 5 heteroatoms. The Labute approximate surface area is 83.3 Å². The molecule has 0 aliphatic heterocycles. The van der Waals surface area contributed by atoms with Gasteiger partial charge in [0.25, 0.3) is 0 Å². The maximum Gasteiger partial charge on any atom is 0.151 e. The highest BCUT2D eigenvalue weighted by molar-refractivity contribution is 9.10. The van der Waals surface area contributed by atoms with Crippen LogP contribution < -0.4 is 11.3 Å². The standard InChI is InChI=1S/C8H7BrN4/c9-6-3-1-2-5-7(6)11-4-12-8(5)13-10/h1-4H,10H2,(H,11,12,13). The van der Waals surface area contributed by atoms with Gasteiger partial charge >= 0.3 is 0 Å². The molecule has 0 aliphatic rings. The second-order valence-electron chi connectivity index (χ2n) is 2.50. The molecular formula is C8H7BrN4. The largest absolute Gasteiger partial charge is 0.308 e. The van der Waals surface area contributed by atoms with E-state index in [1.165, 1.54) is 6.33 Å². The molecule has 3 N–H and O–H groups in total. The van der Waals surface area contributed by atoms with Crippen LogP contribution in [0.3, 0.4) is 0 Å². The Bertz CT molecular complexity index is 443.